The standard InChI is InChI=1S/C15H24N2O4/c1-8(2)12(14(19)20-15(5,6)7)16-13(18)11-9(3)17-21-10(11)4/h8,12H,1-7H3,(H,16,18)/t12-/m0/s1. The summed E-state index contributed by atoms with van der Waals surface area (Å²) in [5.74, 6) is -0.491. The van der Waals surface area contributed by atoms with Gasteiger partial charge in [-0.05, 0) is 40.5 Å². The van der Waals surface area contributed by atoms with Crippen molar-refractivity contribution in [2.24, 2.45) is 5.92 Å². The molecule has 1 rings (SSSR count). The van der Waals surface area contributed by atoms with Gasteiger partial charge in [0.2, 0.25) is 0 Å². The van der Waals surface area contributed by atoms with Gasteiger partial charge in [-0.3, -0.25) is 4.79 Å². The largest absolute Gasteiger partial charge is 0.458 e. The quantitative estimate of drug-likeness (QED) is 0.863. The number of amides is 1. The fourth-order valence-corrected chi connectivity index (χ4v) is 1.88. The van der Waals surface area contributed by atoms with Crippen molar-refractivity contribution in [3.05, 3.63) is 17.0 Å². The fraction of sp³-hybridized carbons (Fsp3) is 0.667. The maximum Gasteiger partial charge on any atom is 0.329 e. The number of aromatic nitrogens is 1. The molecule has 0 radical (unpaired) electrons. The lowest BCUT2D eigenvalue weighted by Gasteiger charge is -2.26. The summed E-state index contributed by atoms with van der Waals surface area (Å²) in [6.45, 7) is 12.4. The Kier molecular flexibility index (Phi) is 5.15. The van der Waals surface area contributed by atoms with Crippen molar-refractivity contribution in [3.63, 3.8) is 0 Å². The predicted molar refractivity (Wildman–Crippen MR) is 77.9 cm³/mol. The molecular formula is C15H24N2O4. The first-order valence-corrected chi connectivity index (χ1v) is 6.99. The van der Waals surface area contributed by atoms with Crippen LogP contribution in [0.5, 0.6) is 0 Å². The molecule has 0 saturated heterocycles. The van der Waals surface area contributed by atoms with Crippen LogP contribution in [0.4, 0.5) is 0 Å². The van der Waals surface area contributed by atoms with Crippen molar-refractivity contribution in [2.45, 2.75) is 60.1 Å². The van der Waals surface area contributed by atoms with Crippen molar-refractivity contribution < 1.29 is 18.8 Å². The Morgan fingerprint density at radius 2 is 1.81 bits per heavy atom. The van der Waals surface area contributed by atoms with E-state index in [0.29, 0.717) is 17.0 Å². The van der Waals surface area contributed by atoms with Crippen LogP contribution in [0.25, 0.3) is 0 Å². The Morgan fingerprint density at radius 3 is 2.19 bits per heavy atom. The summed E-state index contributed by atoms with van der Waals surface area (Å²) in [7, 11) is 0. The number of rotatable bonds is 4. The van der Waals surface area contributed by atoms with Crippen LogP contribution in [0, 0.1) is 19.8 Å². The van der Waals surface area contributed by atoms with E-state index in [0.717, 1.165) is 0 Å². The highest BCUT2D eigenvalue weighted by Gasteiger charge is 2.30. The Labute approximate surface area is 125 Å². The minimum Gasteiger partial charge on any atom is -0.458 e. The van der Waals surface area contributed by atoms with Crippen LogP contribution in [-0.4, -0.2) is 28.7 Å². The molecule has 0 bridgehead atoms. The number of nitrogens with one attached hydrogen (secondary N) is 1. The van der Waals surface area contributed by atoms with Gasteiger partial charge in [-0.15, -0.1) is 0 Å². The van der Waals surface area contributed by atoms with E-state index in [2.05, 4.69) is 10.5 Å². The normalized spacial score (nSPS) is 13.1. The van der Waals surface area contributed by atoms with Gasteiger partial charge in [0, 0.05) is 0 Å². The highest BCUT2D eigenvalue weighted by Crippen LogP contribution is 2.15. The third-order valence-electron chi connectivity index (χ3n) is 2.87. The van der Waals surface area contributed by atoms with Gasteiger partial charge in [-0.1, -0.05) is 19.0 Å². The van der Waals surface area contributed by atoms with Crippen LogP contribution in [-0.2, 0) is 9.53 Å². The van der Waals surface area contributed by atoms with Gasteiger partial charge in [-0.2, -0.15) is 0 Å². The molecule has 0 aromatic carbocycles. The second-order valence-corrected chi connectivity index (χ2v) is 6.43. The van der Waals surface area contributed by atoms with E-state index in [1.54, 1.807) is 34.6 Å². The lowest BCUT2D eigenvalue weighted by molar-refractivity contribution is -0.158. The van der Waals surface area contributed by atoms with E-state index < -0.39 is 17.6 Å². The maximum atomic E-state index is 12.3. The van der Waals surface area contributed by atoms with Crippen LogP contribution >= 0.6 is 0 Å². The SMILES string of the molecule is Cc1noc(C)c1C(=O)N[C@H](C(=O)OC(C)(C)C)C(C)C. The van der Waals surface area contributed by atoms with Gasteiger partial charge in [0.05, 0.1) is 5.69 Å². The predicted octanol–water partition coefficient (Wildman–Crippen LogP) is 2.39. The molecule has 0 aliphatic heterocycles. The number of esters is 1. The number of carbonyl (C=O) groups excluding carboxylic acids is 2. The Hall–Kier alpha value is -1.85. The van der Waals surface area contributed by atoms with Crippen molar-refractivity contribution in [2.75, 3.05) is 0 Å². The Bertz CT molecular complexity index is 507. The number of ether oxygens (including phenoxy) is 1. The summed E-state index contributed by atoms with van der Waals surface area (Å²) in [4.78, 5) is 24.5. The second-order valence-electron chi connectivity index (χ2n) is 6.43. The average Bonchev–Trinajstić information content (AvgIpc) is 2.63. The third-order valence-corrected chi connectivity index (χ3v) is 2.87. The molecule has 0 aliphatic rings. The van der Waals surface area contributed by atoms with Crippen molar-refractivity contribution in [1.29, 1.82) is 0 Å². The van der Waals surface area contributed by atoms with Gasteiger partial charge in [0.25, 0.3) is 5.91 Å². The van der Waals surface area contributed by atoms with Crippen LogP contribution in [0.3, 0.4) is 0 Å². The Balaban J connectivity index is 2.89. The van der Waals surface area contributed by atoms with Crippen LogP contribution in [0.1, 0.15) is 56.4 Å². The first kappa shape index (κ1) is 17.2. The van der Waals surface area contributed by atoms with E-state index in [9.17, 15) is 9.59 Å². The van der Waals surface area contributed by atoms with Crippen molar-refractivity contribution >= 4 is 11.9 Å². The highest BCUT2D eigenvalue weighted by molar-refractivity contribution is 5.98. The minimum atomic E-state index is -0.717. The average molecular weight is 296 g/mol. The molecule has 21 heavy (non-hydrogen) atoms. The zero-order chi connectivity index (χ0) is 16.4. The number of aryl methyl sites for hydroxylation is 2. The van der Waals surface area contributed by atoms with Gasteiger partial charge >= 0.3 is 5.97 Å². The first-order chi connectivity index (χ1) is 9.53. The number of hydrogen-bond donors (Lipinski definition) is 1. The Morgan fingerprint density at radius 1 is 1.24 bits per heavy atom. The van der Waals surface area contributed by atoms with E-state index in [-0.39, 0.29) is 11.8 Å². The molecule has 6 heteroatoms. The zero-order valence-electron chi connectivity index (χ0n) is 13.7. The van der Waals surface area contributed by atoms with Crippen LogP contribution < -0.4 is 5.32 Å². The molecule has 0 aliphatic carbocycles. The molecule has 1 aromatic rings. The fourth-order valence-electron chi connectivity index (χ4n) is 1.88. The molecule has 0 saturated carbocycles. The van der Waals surface area contributed by atoms with Crippen LogP contribution in [0.15, 0.2) is 4.52 Å². The summed E-state index contributed by atoms with van der Waals surface area (Å²) >= 11 is 0. The second kappa shape index (κ2) is 6.28. The molecule has 0 fully saturated rings. The molecule has 1 aromatic heterocycles. The summed E-state index contributed by atoms with van der Waals surface area (Å²) < 4.78 is 10.3. The monoisotopic (exact) mass is 296 g/mol. The minimum absolute atomic E-state index is 0.0933. The molecule has 0 unspecified atom stereocenters. The molecule has 1 amide bonds. The summed E-state index contributed by atoms with van der Waals surface area (Å²) in [5.41, 5.74) is 0.263. The molecule has 6 nitrogen and oxygen atoms in total. The lowest BCUT2D eigenvalue weighted by Crippen LogP contribution is -2.47. The molecule has 1 atom stereocenters. The molecule has 118 valence electrons. The number of hydrogen-bond acceptors (Lipinski definition) is 5. The van der Waals surface area contributed by atoms with E-state index >= 15 is 0 Å². The van der Waals surface area contributed by atoms with Gasteiger partial charge in [-0.25, -0.2) is 4.79 Å². The highest BCUT2D eigenvalue weighted by atomic mass is 16.6. The van der Waals surface area contributed by atoms with Gasteiger partial charge in [0.1, 0.15) is 23.0 Å². The third kappa shape index (κ3) is 4.58. The zero-order valence-corrected chi connectivity index (χ0v) is 13.7. The van der Waals surface area contributed by atoms with Crippen molar-refractivity contribution in [3.8, 4) is 0 Å². The number of nitrogens with zero attached hydrogens (tertiary/aromatic N) is 1. The van der Waals surface area contributed by atoms with Crippen LogP contribution in [0.2, 0.25) is 0 Å². The molecule has 1 heterocycles. The van der Waals surface area contributed by atoms with E-state index in [1.807, 2.05) is 13.8 Å². The summed E-state index contributed by atoms with van der Waals surface area (Å²) in [5, 5.41) is 6.45. The van der Waals surface area contributed by atoms with Gasteiger partial charge in [0.15, 0.2) is 0 Å². The van der Waals surface area contributed by atoms with E-state index in [4.69, 9.17) is 9.26 Å². The summed E-state index contributed by atoms with van der Waals surface area (Å²) in [6.07, 6.45) is 0. The first-order valence-electron chi connectivity index (χ1n) is 6.99. The summed E-state index contributed by atoms with van der Waals surface area (Å²) in [6, 6.07) is -0.717. The lowest BCUT2D eigenvalue weighted by atomic mass is 10.0. The molecule has 1 N–H and O–H groups in total. The van der Waals surface area contributed by atoms with Crippen molar-refractivity contribution in [1.82, 2.24) is 10.5 Å². The smallest absolute Gasteiger partial charge is 0.329 e. The molecule has 0 spiro atoms. The maximum absolute atomic E-state index is 12.3. The van der Waals surface area contributed by atoms with Gasteiger partial charge < -0.3 is 14.6 Å². The number of carbonyl (C=O) groups is 2. The van der Waals surface area contributed by atoms with E-state index in [1.165, 1.54) is 0 Å². The topological polar surface area (TPSA) is 81.4 Å². The molecular weight excluding hydrogens is 272 g/mol.